The van der Waals surface area contributed by atoms with Crippen LogP contribution >= 0.6 is 0 Å². The van der Waals surface area contributed by atoms with E-state index in [1.807, 2.05) is 23.9 Å². The fraction of sp³-hybridized carbons (Fsp3) is 0.438. The van der Waals surface area contributed by atoms with Gasteiger partial charge in [0.25, 0.3) is 0 Å². The molecule has 0 saturated carbocycles. The van der Waals surface area contributed by atoms with Crippen LogP contribution in [-0.2, 0) is 20.0 Å². The first-order valence-corrected chi connectivity index (χ1v) is 7.28. The largest absolute Gasteiger partial charge is 0.493 e. The van der Waals surface area contributed by atoms with Crippen LogP contribution in [0.2, 0.25) is 0 Å². The second-order valence-electron chi connectivity index (χ2n) is 5.02. The number of hydrogen-bond acceptors (Lipinski definition) is 3. The Morgan fingerprint density at radius 1 is 1.33 bits per heavy atom. The number of benzene rings is 1. The summed E-state index contributed by atoms with van der Waals surface area (Å²) in [6.07, 6.45) is 5.41. The minimum absolute atomic E-state index is 0.266. The lowest BCUT2D eigenvalue weighted by molar-refractivity contribution is 0.315. The summed E-state index contributed by atoms with van der Waals surface area (Å²) in [5.74, 6) is 1.26. The standard InChI is InChI=1S/C16H22FN3O/c1-3-5-18-12-13-9-14(17)11-15(10-13)21-8-4-16-19-6-7-20(16)2/h6-7,9-11,18H,3-5,8,12H2,1-2H3. The Kier molecular flexibility index (Phi) is 5.75. The molecule has 2 aromatic rings. The highest BCUT2D eigenvalue weighted by Gasteiger charge is 2.04. The van der Waals surface area contributed by atoms with E-state index in [1.165, 1.54) is 12.1 Å². The Bertz CT molecular complexity index is 568. The lowest BCUT2D eigenvalue weighted by Gasteiger charge is -2.09. The topological polar surface area (TPSA) is 39.1 Å². The molecule has 2 rings (SSSR count). The van der Waals surface area contributed by atoms with Gasteiger partial charge in [0.05, 0.1) is 6.61 Å². The van der Waals surface area contributed by atoms with Gasteiger partial charge in [0, 0.05) is 38.5 Å². The van der Waals surface area contributed by atoms with E-state index in [0.717, 1.165) is 24.4 Å². The lowest BCUT2D eigenvalue weighted by atomic mass is 10.2. The monoisotopic (exact) mass is 291 g/mol. The maximum Gasteiger partial charge on any atom is 0.127 e. The number of aryl methyl sites for hydroxylation is 1. The van der Waals surface area contributed by atoms with Gasteiger partial charge in [-0.2, -0.15) is 0 Å². The molecule has 0 radical (unpaired) electrons. The molecule has 21 heavy (non-hydrogen) atoms. The van der Waals surface area contributed by atoms with Crippen LogP contribution in [0.25, 0.3) is 0 Å². The van der Waals surface area contributed by atoms with E-state index in [2.05, 4.69) is 17.2 Å². The molecule has 0 bridgehead atoms. The number of halogens is 1. The molecule has 0 saturated heterocycles. The van der Waals surface area contributed by atoms with E-state index in [1.54, 1.807) is 6.20 Å². The van der Waals surface area contributed by atoms with E-state index in [9.17, 15) is 4.39 Å². The van der Waals surface area contributed by atoms with Gasteiger partial charge in [-0.1, -0.05) is 6.92 Å². The van der Waals surface area contributed by atoms with Gasteiger partial charge in [-0.3, -0.25) is 0 Å². The number of aromatic nitrogens is 2. The summed E-state index contributed by atoms with van der Waals surface area (Å²) in [6.45, 7) is 4.16. The molecule has 0 aliphatic rings. The van der Waals surface area contributed by atoms with Gasteiger partial charge in [0.1, 0.15) is 17.4 Å². The SMILES string of the molecule is CCCNCc1cc(F)cc(OCCc2nccn2C)c1. The first-order chi connectivity index (χ1) is 10.2. The highest BCUT2D eigenvalue weighted by molar-refractivity contribution is 5.29. The zero-order chi connectivity index (χ0) is 15.1. The molecule has 0 atom stereocenters. The molecule has 1 aromatic heterocycles. The number of nitrogens with zero attached hydrogens (tertiary/aromatic N) is 2. The third kappa shape index (κ3) is 4.86. The van der Waals surface area contributed by atoms with Crippen molar-refractivity contribution >= 4 is 0 Å². The molecule has 0 spiro atoms. The third-order valence-electron chi connectivity index (χ3n) is 3.20. The zero-order valence-electron chi connectivity index (χ0n) is 12.6. The van der Waals surface area contributed by atoms with Gasteiger partial charge < -0.3 is 14.6 Å². The van der Waals surface area contributed by atoms with E-state index < -0.39 is 0 Å². The van der Waals surface area contributed by atoms with Crippen LogP contribution in [0.15, 0.2) is 30.6 Å². The predicted molar refractivity (Wildman–Crippen MR) is 80.8 cm³/mol. The number of imidazole rings is 1. The summed E-state index contributed by atoms with van der Waals surface area (Å²) in [5, 5.41) is 3.26. The van der Waals surface area contributed by atoms with Crippen LogP contribution in [0.4, 0.5) is 4.39 Å². The molecule has 0 aliphatic heterocycles. The summed E-state index contributed by atoms with van der Waals surface area (Å²) in [4.78, 5) is 4.23. The van der Waals surface area contributed by atoms with Crippen LogP contribution in [0.1, 0.15) is 24.7 Å². The molecule has 0 unspecified atom stereocenters. The van der Waals surface area contributed by atoms with Crippen LogP contribution in [0, 0.1) is 5.82 Å². The van der Waals surface area contributed by atoms with Crippen molar-refractivity contribution in [2.45, 2.75) is 26.3 Å². The van der Waals surface area contributed by atoms with Crippen LogP contribution in [0.5, 0.6) is 5.75 Å². The Hall–Kier alpha value is -1.88. The van der Waals surface area contributed by atoms with Gasteiger partial charge in [-0.15, -0.1) is 0 Å². The minimum atomic E-state index is -0.266. The Balaban J connectivity index is 1.88. The van der Waals surface area contributed by atoms with E-state index >= 15 is 0 Å². The van der Waals surface area contributed by atoms with Crippen molar-refractivity contribution in [2.75, 3.05) is 13.2 Å². The fourth-order valence-corrected chi connectivity index (χ4v) is 2.11. The minimum Gasteiger partial charge on any atom is -0.493 e. The van der Waals surface area contributed by atoms with E-state index in [0.29, 0.717) is 25.3 Å². The Morgan fingerprint density at radius 2 is 2.19 bits per heavy atom. The molecular weight excluding hydrogens is 269 g/mol. The van der Waals surface area contributed by atoms with Gasteiger partial charge in [-0.05, 0) is 30.7 Å². The number of ether oxygens (including phenoxy) is 1. The second kappa shape index (κ2) is 7.78. The van der Waals surface area contributed by atoms with E-state index in [-0.39, 0.29) is 5.82 Å². The van der Waals surface area contributed by atoms with Crippen molar-refractivity contribution in [1.82, 2.24) is 14.9 Å². The molecule has 0 aliphatic carbocycles. The second-order valence-corrected chi connectivity index (χ2v) is 5.02. The average Bonchev–Trinajstić information content (AvgIpc) is 2.84. The fourth-order valence-electron chi connectivity index (χ4n) is 2.11. The molecule has 0 amide bonds. The Labute approximate surface area is 125 Å². The summed E-state index contributed by atoms with van der Waals surface area (Å²) >= 11 is 0. The predicted octanol–water partition coefficient (Wildman–Crippen LogP) is 2.68. The summed E-state index contributed by atoms with van der Waals surface area (Å²) in [5.41, 5.74) is 0.899. The van der Waals surface area contributed by atoms with Crippen molar-refractivity contribution in [1.29, 1.82) is 0 Å². The number of hydrogen-bond donors (Lipinski definition) is 1. The van der Waals surface area contributed by atoms with Gasteiger partial charge in [-0.25, -0.2) is 9.37 Å². The highest BCUT2D eigenvalue weighted by Crippen LogP contribution is 2.16. The summed E-state index contributed by atoms with van der Waals surface area (Å²) in [7, 11) is 1.95. The quantitative estimate of drug-likeness (QED) is 0.760. The first kappa shape index (κ1) is 15.5. The lowest BCUT2D eigenvalue weighted by Crippen LogP contribution is -2.14. The van der Waals surface area contributed by atoms with Crippen LogP contribution in [-0.4, -0.2) is 22.7 Å². The van der Waals surface area contributed by atoms with Gasteiger partial charge in [0.2, 0.25) is 0 Å². The Morgan fingerprint density at radius 3 is 2.90 bits per heavy atom. The van der Waals surface area contributed by atoms with Crippen molar-refractivity contribution in [3.8, 4) is 5.75 Å². The van der Waals surface area contributed by atoms with Crippen molar-refractivity contribution in [3.63, 3.8) is 0 Å². The van der Waals surface area contributed by atoms with Crippen molar-refractivity contribution < 1.29 is 9.13 Å². The molecule has 0 fully saturated rings. The molecule has 4 nitrogen and oxygen atoms in total. The normalized spacial score (nSPS) is 10.8. The van der Waals surface area contributed by atoms with Crippen molar-refractivity contribution in [2.24, 2.45) is 7.05 Å². The zero-order valence-corrected chi connectivity index (χ0v) is 12.6. The van der Waals surface area contributed by atoms with Gasteiger partial charge >= 0.3 is 0 Å². The van der Waals surface area contributed by atoms with Gasteiger partial charge in [0.15, 0.2) is 0 Å². The maximum atomic E-state index is 13.6. The molecule has 1 heterocycles. The number of rotatable bonds is 8. The summed E-state index contributed by atoms with van der Waals surface area (Å²) in [6, 6.07) is 4.83. The highest BCUT2D eigenvalue weighted by atomic mass is 19.1. The average molecular weight is 291 g/mol. The molecule has 5 heteroatoms. The molecule has 114 valence electrons. The number of nitrogens with one attached hydrogen (secondary N) is 1. The van der Waals surface area contributed by atoms with Crippen LogP contribution in [0.3, 0.4) is 0 Å². The molecule has 1 aromatic carbocycles. The smallest absolute Gasteiger partial charge is 0.127 e. The molecule has 1 N–H and O–H groups in total. The maximum absolute atomic E-state index is 13.6. The van der Waals surface area contributed by atoms with E-state index in [4.69, 9.17) is 4.74 Å². The van der Waals surface area contributed by atoms with Crippen molar-refractivity contribution in [3.05, 3.63) is 47.8 Å². The van der Waals surface area contributed by atoms with Crippen LogP contribution < -0.4 is 10.1 Å². The molecular formula is C16H22FN3O. The summed E-state index contributed by atoms with van der Waals surface area (Å²) < 4.78 is 21.2. The first-order valence-electron chi connectivity index (χ1n) is 7.28. The third-order valence-corrected chi connectivity index (χ3v) is 3.20.